The Morgan fingerprint density at radius 3 is 2.67 bits per heavy atom. The summed E-state index contributed by atoms with van der Waals surface area (Å²) in [5.41, 5.74) is 3.40. The highest BCUT2D eigenvalue weighted by molar-refractivity contribution is 5.91. The van der Waals surface area contributed by atoms with Crippen molar-refractivity contribution in [2.45, 2.75) is 38.5 Å². The van der Waals surface area contributed by atoms with Crippen molar-refractivity contribution in [2.75, 3.05) is 0 Å². The van der Waals surface area contributed by atoms with Crippen LogP contribution in [0.15, 0.2) is 18.2 Å². The van der Waals surface area contributed by atoms with Crippen LogP contribution in [0.2, 0.25) is 0 Å². The normalized spacial score (nSPS) is 16.0. The second kappa shape index (κ2) is 4.44. The highest BCUT2D eigenvalue weighted by Gasteiger charge is 2.19. The van der Waals surface area contributed by atoms with E-state index in [1.165, 1.54) is 36.9 Å². The minimum Gasteiger partial charge on any atom is -0.353 e. The zero-order valence-electron chi connectivity index (χ0n) is 10.2. The molecule has 2 aromatic rings. The lowest BCUT2D eigenvalue weighted by molar-refractivity contribution is -0.383. The van der Waals surface area contributed by atoms with Gasteiger partial charge in [0.15, 0.2) is 0 Å². The fourth-order valence-corrected chi connectivity index (χ4v) is 2.92. The number of nitrogens with zero attached hydrogens (tertiary/aromatic N) is 1. The number of fused-ring (bicyclic) bond motifs is 3. The van der Waals surface area contributed by atoms with E-state index >= 15 is 0 Å². The van der Waals surface area contributed by atoms with Crippen LogP contribution in [0.1, 0.15) is 36.9 Å². The molecule has 0 bridgehead atoms. The summed E-state index contributed by atoms with van der Waals surface area (Å²) < 4.78 is 0. The van der Waals surface area contributed by atoms with Crippen molar-refractivity contribution in [3.63, 3.8) is 0 Å². The number of H-pyrrole nitrogens is 1. The molecule has 18 heavy (non-hydrogen) atoms. The zero-order chi connectivity index (χ0) is 12.5. The van der Waals surface area contributed by atoms with Crippen molar-refractivity contribution in [3.8, 4) is 0 Å². The Labute approximate surface area is 105 Å². The third kappa shape index (κ3) is 1.78. The second-order valence-electron chi connectivity index (χ2n) is 4.95. The van der Waals surface area contributed by atoms with Crippen LogP contribution in [0.3, 0.4) is 0 Å². The van der Waals surface area contributed by atoms with E-state index in [1.807, 2.05) is 6.07 Å². The standard InChI is InChI=1S/C14H16N2O2/c17-16(18)13-9-5-7-11-10-6-3-1-2-4-8-12(10)15-14(11)13/h5,7,9,15H,1-4,6,8H2. The van der Waals surface area contributed by atoms with Gasteiger partial charge >= 0.3 is 0 Å². The molecule has 4 heteroatoms. The Hall–Kier alpha value is -1.84. The van der Waals surface area contributed by atoms with Crippen LogP contribution in [-0.4, -0.2) is 9.91 Å². The molecule has 1 aromatic carbocycles. The van der Waals surface area contributed by atoms with Crippen LogP contribution in [0.4, 0.5) is 5.69 Å². The summed E-state index contributed by atoms with van der Waals surface area (Å²) in [6.45, 7) is 0. The zero-order valence-corrected chi connectivity index (χ0v) is 10.2. The number of para-hydroxylation sites is 1. The maximum absolute atomic E-state index is 11.0. The van der Waals surface area contributed by atoms with E-state index < -0.39 is 0 Å². The average Bonchev–Trinajstić information content (AvgIpc) is 2.65. The first-order valence-corrected chi connectivity index (χ1v) is 6.54. The lowest BCUT2D eigenvalue weighted by atomic mass is 9.97. The Morgan fingerprint density at radius 2 is 1.89 bits per heavy atom. The lowest BCUT2D eigenvalue weighted by Crippen LogP contribution is -1.97. The summed E-state index contributed by atoms with van der Waals surface area (Å²) in [5.74, 6) is 0. The predicted molar refractivity (Wildman–Crippen MR) is 70.8 cm³/mol. The number of nitro benzene ring substituents is 1. The molecule has 0 atom stereocenters. The van der Waals surface area contributed by atoms with Gasteiger partial charge in [0.25, 0.3) is 5.69 Å². The maximum atomic E-state index is 11.0. The fourth-order valence-electron chi connectivity index (χ4n) is 2.92. The van der Waals surface area contributed by atoms with Gasteiger partial charge in [-0.2, -0.15) is 0 Å². The number of rotatable bonds is 1. The summed E-state index contributed by atoms with van der Waals surface area (Å²) in [6, 6.07) is 5.36. The molecule has 1 heterocycles. The van der Waals surface area contributed by atoms with Gasteiger partial charge in [-0.15, -0.1) is 0 Å². The van der Waals surface area contributed by atoms with E-state index in [0.29, 0.717) is 5.52 Å². The molecule has 3 rings (SSSR count). The van der Waals surface area contributed by atoms with Crippen LogP contribution in [0.25, 0.3) is 10.9 Å². The molecule has 1 aliphatic rings. The molecule has 0 saturated heterocycles. The minimum atomic E-state index is -0.300. The summed E-state index contributed by atoms with van der Waals surface area (Å²) in [6.07, 6.45) is 6.94. The van der Waals surface area contributed by atoms with Crippen LogP contribution < -0.4 is 0 Å². The van der Waals surface area contributed by atoms with E-state index in [4.69, 9.17) is 0 Å². The van der Waals surface area contributed by atoms with Gasteiger partial charge in [0, 0.05) is 17.1 Å². The molecule has 1 aliphatic carbocycles. The van der Waals surface area contributed by atoms with Gasteiger partial charge < -0.3 is 4.98 Å². The number of aromatic nitrogens is 1. The van der Waals surface area contributed by atoms with E-state index in [2.05, 4.69) is 4.98 Å². The molecular formula is C14H16N2O2. The van der Waals surface area contributed by atoms with Crippen molar-refractivity contribution in [3.05, 3.63) is 39.6 Å². The van der Waals surface area contributed by atoms with Gasteiger partial charge in [-0.3, -0.25) is 10.1 Å². The number of aromatic amines is 1. The van der Waals surface area contributed by atoms with Crippen molar-refractivity contribution in [1.82, 2.24) is 4.98 Å². The van der Waals surface area contributed by atoms with Gasteiger partial charge in [-0.25, -0.2) is 0 Å². The molecule has 1 N–H and O–H groups in total. The second-order valence-corrected chi connectivity index (χ2v) is 4.95. The number of benzene rings is 1. The van der Waals surface area contributed by atoms with E-state index in [0.717, 1.165) is 18.2 Å². The first-order valence-electron chi connectivity index (χ1n) is 6.54. The SMILES string of the molecule is O=[N+]([O-])c1cccc2c3c([nH]c12)CCCCCC3. The van der Waals surface area contributed by atoms with Gasteiger partial charge in [0.1, 0.15) is 5.52 Å². The van der Waals surface area contributed by atoms with E-state index in [1.54, 1.807) is 12.1 Å². The third-order valence-corrected chi connectivity index (χ3v) is 3.81. The number of nitro groups is 1. The largest absolute Gasteiger partial charge is 0.353 e. The molecule has 1 aromatic heterocycles. The molecule has 94 valence electrons. The number of hydrogen-bond donors (Lipinski definition) is 1. The summed E-state index contributed by atoms with van der Waals surface area (Å²) in [5, 5.41) is 12.1. The molecular weight excluding hydrogens is 228 g/mol. The third-order valence-electron chi connectivity index (χ3n) is 3.81. The molecule has 0 amide bonds. The van der Waals surface area contributed by atoms with E-state index in [-0.39, 0.29) is 10.6 Å². The Kier molecular flexibility index (Phi) is 2.78. The van der Waals surface area contributed by atoms with Crippen molar-refractivity contribution >= 4 is 16.6 Å². The lowest BCUT2D eigenvalue weighted by Gasteiger charge is -2.09. The molecule has 0 spiro atoms. The van der Waals surface area contributed by atoms with Crippen LogP contribution in [-0.2, 0) is 12.8 Å². The number of aryl methyl sites for hydroxylation is 2. The predicted octanol–water partition coefficient (Wildman–Crippen LogP) is 3.74. The summed E-state index contributed by atoms with van der Waals surface area (Å²) in [4.78, 5) is 14.0. The van der Waals surface area contributed by atoms with Gasteiger partial charge in [0.05, 0.1) is 4.92 Å². The molecule has 4 nitrogen and oxygen atoms in total. The van der Waals surface area contributed by atoms with Crippen LogP contribution in [0, 0.1) is 10.1 Å². The minimum absolute atomic E-state index is 0.194. The van der Waals surface area contributed by atoms with Crippen molar-refractivity contribution in [2.24, 2.45) is 0 Å². The van der Waals surface area contributed by atoms with Crippen molar-refractivity contribution in [1.29, 1.82) is 0 Å². The smallest absolute Gasteiger partial charge is 0.293 e. The molecule has 0 radical (unpaired) electrons. The van der Waals surface area contributed by atoms with Crippen LogP contribution >= 0.6 is 0 Å². The number of non-ortho nitro benzene ring substituents is 1. The first kappa shape index (κ1) is 11.3. The highest BCUT2D eigenvalue weighted by atomic mass is 16.6. The van der Waals surface area contributed by atoms with Gasteiger partial charge in [-0.05, 0) is 31.2 Å². The molecule has 0 unspecified atom stereocenters. The first-order chi connectivity index (χ1) is 8.77. The summed E-state index contributed by atoms with van der Waals surface area (Å²) >= 11 is 0. The van der Waals surface area contributed by atoms with Crippen molar-refractivity contribution < 1.29 is 4.92 Å². The van der Waals surface area contributed by atoms with Crippen LogP contribution in [0.5, 0.6) is 0 Å². The van der Waals surface area contributed by atoms with Gasteiger partial charge in [0.2, 0.25) is 0 Å². The van der Waals surface area contributed by atoms with E-state index in [9.17, 15) is 10.1 Å². The molecule has 0 saturated carbocycles. The summed E-state index contributed by atoms with van der Waals surface area (Å²) in [7, 11) is 0. The number of nitrogens with one attached hydrogen (secondary N) is 1. The Balaban J connectivity index is 2.21. The molecule has 0 fully saturated rings. The number of hydrogen-bond acceptors (Lipinski definition) is 2. The molecule has 0 aliphatic heterocycles. The fraction of sp³-hybridized carbons (Fsp3) is 0.429. The average molecular weight is 244 g/mol. The highest BCUT2D eigenvalue weighted by Crippen LogP contribution is 2.32. The quantitative estimate of drug-likeness (QED) is 0.613. The monoisotopic (exact) mass is 244 g/mol. The van der Waals surface area contributed by atoms with Gasteiger partial charge in [-0.1, -0.05) is 25.0 Å². The Morgan fingerprint density at radius 1 is 1.11 bits per heavy atom. The Bertz CT molecular complexity index is 601. The topological polar surface area (TPSA) is 58.9 Å². The maximum Gasteiger partial charge on any atom is 0.293 e.